The van der Waals surface area contributed by atoms with Gasteiger partial charge in [0.25, 0.3) is 15.9 Å². The Kier molecular flexibility index (Phi) is 10.6. The quantitative estimate of drug-likeness (QED) is 0.196. The number of sulfonamides is 1. The minimum atomic E-state index is -4.26. The molecule has 11 nitrogen and oxygen atoms in total. The van der Waals surface area contributed by atoms with E-state index < -0.39 is 15.4 Å². The maximum atomic E-state index is 14.8. The largest absolute Gasteiger partial charge is 0.475 e. The van der Waals surface area contributed by atoms with Crippen molar-refractivity contribution in [2.45, 2.75) is 93.5 Å². The van der Waals surface area contributed by atoms with Crippen LogP contribution in [0.25, 0.3) is 11.3 Å². The van der Waals surface area contributed by atoms with Crippen LogP contribution in [0.1, 0.15) is 94.7 Å². The van der Waals surface area contributed by atoms with Gasteiger partial charge in [-0.15, -0.1) is 0 Å². The summed E-state index contributed by atoms with van der Waals surface area (Å²) in [5.41, 5.74) is 5.29. The third kappa shape index (κ3) is 8.69. The normalized spacial score (nSPS) is 17.4. The Balaban J connectivity index is 1.46. The molecule has 1 amide bonds. The van der Waals surface area contributed by atoms with Gasteiger partial charge in [0.2, 0.25) is 11.8 Å². The molecule has 0 aliphatic carbocycles. The van der Waals surface area contributed by atoms with Gasteiger partial charge in [0.15, 0.2) is 0 Å². The van der Waals surface area contributed by atoms with Crippen LogP contribution in [-0.2, 0) is 23.0 Å². The smallest absolute Gasteiger partial charge is 0.266 e. The fraction of sp³-hybridized carbons (Fsp3) is 0.500. The maximum absolute atomic E-state index is 14.8. The molecule has 2 aliphatic heterocycles. The lowest BCUT2D eigenvalue weighted by molar-refractivity contribution is 0.0709. The van der Waals surface area contributed by atoms with Crippen molar-refractivity contribution in [3.8, 4) is 17.1 Å². The van der Waals surface area contributed by atoms with E-state index in [-0.39, 0.29) is 65.3 Å². The molecule has 12 heteroatoms. The molecule has 54 heavy (non-hydrogen) atoms. The zero-order valence-electron chi connectivity index (χ0n) is 33.5. The van der Waals surface area contributed by atoms with Crippen LogP contribution in [0.15, 0.2) is 59.8 Å². The lowest BCUT2D eigenvalue weighted by Crippen LogP contribution is -2.39. The first-order valence-corrected chi connectivity index (χ1v) is 20.2. The number of benzene rings is 2. The number of nitrogens with zero attached hydrogens (tertiary/aromatic N) is 7. The van der Waals surface area contributed by atoms with Gasteiger partial charge in [-0.1, -0.05) is 79.7 Å². The van der Waals surface area contributed by atoms with E-state index in [0.29, 0.717) is 17.1 Å². The Morgan fingerprint density at radius 1 is 0.907 bits per heavy atom. The summed E-state index contributed by atoms with van der Waals surface area (Å²) in [6.07, 6.45) is 5.51. The minimum Gasteiger partial charge on any atom is -0.475 e. The van der Waals surface area contributed by atoms with Crippen LogP contribution in [-0.4, -0.2) is 71.9 Å². The molecule has 4 aromatic rings. The van der Waals surface area contributed by atoms with Gasteiger partial charge in [-0.25, -0.2) is 27.7 Å². The topological polar surface area (TPSA) is 122 Å². The second-order valence-electron chi connectivity index (χ2n) is 18.0. The van der Waals surface area contributed by atoms with Gasteiger partial charge in [0, 0.05) is 36.3 Å². The predicted molar refractivity (Wildman–Crippen MR) is 213 cm³/mol. The van der Waals surface area contributed by atoms with E-state index in [1.165, 1.54) is 16.4 Å². The van der Waals surface area contributed by atoms with Crippen LogP contribution < -0.4 is 13.9 Å². The van der Waals surface area contributed by atoms with E-state index >= 15 is 0 Å². The zero-order valence-corrected chi connectivity index (χ0v) is 34.3. The summed E-state index contributed by atoms with van der Waals surface area (Å²) in [5, 5.41) is 0. The number of hydrogen-bond donors (Lipinski definition) is 0. The maximum Gasteiger partial charge on any atom is 0.266 e. The monoisotopic (exact) mass is 753 g/mol. The molecule has 6 rings (SSSR count). The van der Waals surface area contributed by atoms with Crippen LogP contribution >= 0.6 is 0 Å². The molecule has 1 saturated heterocycles. The van der Waals surface area contributed by atoms with Gasteiger partial charge >= 0.3 is 0 Å². The molecule has 0 N–H and O–H groups in total. The molecule has 0 spiro atoms. The molecule has 2 aliphatic rings. The molecule has 0 unspecified atom stereocenters. The zero-order chi connectivity index (χ0) is 39.2. The first-order valence-electron chi connectivity index (χ1n) is 18.8. The molecule has 4 heterocycles. The van der Waals surface area contributed by atoms with Crippen LogP contribution in [0.5, 0.6) is 5.88 Å². The molecule has 2 aromatic heterocycles. The summed E-state index contributed by atoms with van der Waals surface area (Å²) < 4.78 is 37.2. The Labute approximate surface area is 321 Å². The summed E-state index contributed by atoms with van der Waals surface area (Å²) in [6, 6.07) is 12.4. The highest BCUT2D eigenvalue weighted by Crippen LogP contribution is 2.38. The average molecular weight is 754 g/mol. The predicted octanol–water partition coefficient (Wildman–Crippen LogP) is 7.65. The van der Waals surface area contributed by atoms with Gasteiger partial charge in [-0.05, 0) is 72.3 Å². The van der Waals surface area contributed by atoms with Crippen molar-refractivity contribution >= 4 is 27.6 Å². The number of hydrogen-bond acceptors (Lipinski definition) is 9. The van der Waals surface area contributed by atoms with Gasteiger partial charge in [0.1, 0.15) is 12.4 Å². The van der Waals surface area contributed by atoms with Crippen LogP contribution in [0.4, 0.5) is 11.6 Å². The first kappa shape index (κ1) is 39.1. The summed E-state index contributed by atoms with van der Waals surface area (Å²) >= 11 is 0. The fourth-order valence-corrected chi connectivity index (χ4v) is 8.80. The molecule has 288 valence electrons. The van der Waals surface area contributed by atoms with E-state index in [1.807, 2.05) is 59.1 Å². The van der Waals surface area contributed by atoms with Gasteiger partial charge in [-0.2, -0.15) is 4.98 Å². The van der Waals surface area contributed by atoms with E-state index in [9.17, 15) is 13.2 Å². The average Bonchev–Trinajstić information content (AvgIpc) is 3.45. The standard InChI is InChI=1S/C42H55N7O4S/c1-28-13-11-15-31(22-40(3,4)5)35(28)36-29(2)37-46-39(45-36)49(26-41(6,7)8)54(51,52)33-16-12-14-30(21-33)38(50)47(19-20-53-37)25-34-43-23-32(24-44-34)48-18-17-42(9,10)27-48/h11-16,21,23-24H,17-20,22,25-27H2,1-10H3. The number of carbonyl (C=O) groups excluding carboxylic acids is 1. The number of amides is 1. The number of aryl methyl sites for hydroxylation is 1. The number of aromatic nitrogens is 4. The van der Waals surface area contributed by atoms with Crippen molar-refractivity contribution in [2.24, 2.45) is 16.2 Å². The number of carbonyl (C=O) groups is 1. The van der Waals surface area contributed by atoms with Gasteiger partial charge < -0.3 is 14.5 Å². The van der Waals surface area contributed by atoms with Crippen molar-refractivity contribution in [2.75, 3.05) is 42.0 Å². The number of anilines is 2. The van der Waals surface area contributed by atoms with Crippen molar-refractivity contribution in [3.63, 3.8) is 0 Å². The lowest BCUT2D eigenvalue weighted by Gasteiger charge is -2.30. The first-order chi connectivity index (χ1) is 25.2. The third-order valence-electron chi connectivity index (χ3n) is 9.87. The van der Waals surface area contributed by atoms with E-state index in [4.69, 9.17) is 14.7 Å². The van der Waals surface area contributed by atoms with Gasteiger partial charge in [0.05, 0.1) is 41.8 Å². The molecule has 0 atom stereocenters. The highest BCUT2D eigenvalue weighted by Gasteiger charge is 2.35. The van der Waals surface area contributed by atoms with Crippen molar-refractivity contribution in [3.05, 3.63) is 82.9 Å². The van der Waals surface area contributed by atoms with Crippen molar-refractivity contribution in [1.29, 1.82) is 0 Å². The Hall–Kier alpha value is -4.58. The van der Waals surface area contributed by atoms with Gasteiger partial charge in [-0.3, -0.25) is 4.79 Å². The van der Waals surface area contributed by atoms with Crippen LogP contribution in [0, 0.1) is 30.1 Å². The fourth-order valence-electron chi connectivity index (χ4n) is 7.16. The molecule has 4 bridgehead atoms. The highest BCUT2D eigenvalue weighted by molar-refractivity contribution is 7.92. The molecular weight excluding hydrogens is 699 g/mol. The van der Waals surface area contributed by atoms with E-state index in [1.54, 1.807) is 17.0 Å². The Morgan fingerprint density at radius 3 is 2.26 bits per heavy atom. The summed E-state index contributed by atoms with van der Waals surface area (Å²) in [4.78, 5) is 37.3. The lowest BCUT2D eigenvalue weighted by atomic mass is 9.84. The molecule has 2 aromatic carbocycles. The summed E-state index contributed by atoms with van der Waals surface area (Å²) in [7, 11) is -4.26. The Bertz CT molecular complexity index is 2140. The second kappa shape index (κ2) is 14.6. The Morgan fingerprint density at radius 2 is 1.61 bits per heavy atom. The number of fused-ring (bicyclic) bond motifs is 4. The molecule has 0 saturated carbocycles. The van der Waals surface area contributed by atoms with E-state index in [2.05, 4.69) is 55.6 Å². The van der Waals surface area contributed by atoms with Crippen LogP contribution in [0.3, 0.4) is 0 Å². The number of ether oxygens (including phenoxy) is 1. The SMILES string of the molecule is Cc1cccc(CC(C)(C)C)c1-c1nc2nc(c1C)OCCN(Cc1ncc(N3CCC(C)(C)C3)cn1)C(=O)c1cccc(c1)S(=O)(=O)N2CC(C)(C)C. The molecular formula is C42H55N7O4S. The van der Waals surface area contributed by atoms with Crippen molar-refractivity contribution < 1.29 is 17.9 Å². The summed E-state index contributed by atoms with van der Waals surface area (Å²) in [6.45, 7) is 23.3. The molecule has 1 fully saturated rings. The third-order valence-corrected chi connectivity index (χ3v) is 11.6. The number of rotatable bonds is 6. The molecule has 0 radical (unpaired) electrons. The summed E-state index contributed by atoms with van der Waals surface area (Å²) in [5.74, 6) is 0.409. The van der Waals surface area contributed by atoms with Crippen molar-refractivity contribution in [1.82, 2.24) is 24.8 Å². The second-order valence-corrected chi connectivity index (χ2v) is 19.9. The van der Waals surface area contributed by atoms with Crippen LogP contribution in [0.2, 0.25) is 0 Å². The van der Waals surface area contributed by atoms with E-state index in [0.717, 1.165) is 48.3 Å². The minimum absolute atomic E-state index is 0.0152. The highest BCUT2D eigenvalue weighted by atomic mass is 32.2.